The van der Waals surface area contributed by atoms with Gasteiger partial charge in [-0.25, -0.2) is 24.3 Å². The summed E-state index contributed by atoms with van der Waals surface area (Å²) in [5.41, 5.74) is 1.35. The van der Waals surface area contributed by atoms with Crippen molar-refractivity contribution < 1.29 is 18.6 Å². The van der Waals surface area contributed by atoms with Crippen molar-refractivity contribution >= 4 is 11.4 Å². The summed E-state index contributed by atoms with van der Waals surface area (Å²) >= 11 is 0. The van der Waals surface area contributed by atoms with E-state index in [9.17, 15) is 0 Å². The number of fused-ring (bicyclic) bond motifs is 4. The Kier molecular flexibility index (Phi) is 8.14. The number of hydrogen-bond donors (Lipinski definition) is 1. The van der Waals surface area contributed by atoms with E-state index in [1.54, 1.807) is 31.5 Å². The van der Waals surface area contributed by atoms with Gasteiger partial charge in [-0.3, -0.25) is 0 Å². The average molecular weight is 556 g/mol. The van der Waals surface area contributed by atoms with Crippen LogP contribution >= 0.6 is 0 Å². The number of halogens is 1. The molecule has 0 saturated carbocycles. The van der Waals surface area contributed by atoms with Crippen LogP contribution < -0.4 is 30.2 Å². The van der Waals surface area contributed by atoms with E-state index in [-0.39, 0.29) is 11.8 Å². The first-order chi connectivity index (χ1) is 19.8. The van der Waals surface area contributed by atoms with Gasteiger partial charge in [0.2, 0.25) is 11.6 Å². The van der Waals surface area contributed by atoms with Crippen molar-refractivity contribution in [1.82, 2.24) is 15.0 Å². The Balaban J connectivity index is 1.50. The second kappa shape index (κ2) is 11.9. The van der Waals surface area contributed by atoms with Crippen LogP contribution in [0.15, 0.2) is 78.5 Å². The summed E-state index contributed by atoms with van der Waals surface area (Å²) in [6.45, 7) is 9.94. The molecule has 0 saturated heterocycles. The van der Waals surface area contributed by atoms with Crippen LogP contribution in [0, 0.1) is 5.92 Å². The van der Waals surface area contributed by atoms with Gasteiger partial charge in [0.1, 0.15) is 17.9 Å². The highest BCUT2D eigenvalue weighted by Crippen LogP contribution is 2.44. The molecule has 2 aliphatic heterocycles. The third kappa shape index (κ3) is 6.14. The van der Waals surface area contributed by atoms with Crippen LogP contribution in [0.3, 0.4) is 0 Å². The maximum atomic E-state index is 15.9. The fraction of sp³-hybridized carbons (Fsp3) is 0.312. The number of aromatic nitrogens is 3. The highest BCUT2D eigenvalue weighted by Gasteiger charge is 2.29. The molecule has 2 atom stereocenters. The van der Waals surface area contributed by atoms with Crippen LogP contribution in [0.4, 0.5) is 10.2 Å². The molecule has 0 aliphatic carbocycles. The monoisotopic (exact) mass is 555 g/mol. The molecule has 1 aromatic carbocycles. The van der Waals surface area contributed by atoms with Crippen molar-refractivity contribution in [3.63, 3.8) is 0 Å². The zero-order valence-electron chi connectivity index (χ0n) is 23.8. The first kappa shape index (κ1) is 28.0. The van der Waals surface area contributed by atoms with E-state index in [2.05, 4.69) is 38.8 Å². The molecule has 41 heavy (non-hydrogen) atoms. The third-order valence-electron chi connectivity index (χ3n) is 7.20. The quantitative estimate of drug-likeness (QED) is 0.374. The summed E-state index contributed by atoms with van der Waals surface area (Å²) in [6, 6.07) is 7.00. The van der Waals surface area contributed by atoms with Crippen molar-refractivity contribution in [2.24, 2.45) is 10.9 Å². The molecule has 2 aliphatic rings. The molecule has 4 heterocycles. The number of benzene rings is 1. The van der Waals surface area contributed by atoms with Crippen LogP contribution in [0.5, 0.6) is 23.1 Å². The SMILES string of the molecule is C=CC(C)C1=CC(C)(F)c2ccnc(c2)Oc2c(OC)cc(CCNc3ncnc4c3=C(C)CCC=CN=4)cc2O1. The van der Waals surface area contributed by atoms with E-state index < -0.39 is 5.67 Å². The number of nitrogens with one attached hydrogen (secondary N) is 1. The number of nitrogens with zero attached hydrogens (tertiary/aromatic N) is 4. The molecule has 2 unspecified atom stereocenters. The Morgan fingerprint density at radius 3 is 2.88 bits per heavy atom. The van der Waals surface area contributed by atoms with Crippen molar-refractivity contribution in [1.29, 1.82) is 0 Å². The predicted molar refractivity (Wildman–Crippen MR) is 156 cm³/mol. The van der Waals surface area contributed by atoms with Gasteiger partial charge in [-0.2, -0.15) is 0 Å². The van der Waals surface area contributed by atoms with Crippen molar-refractivity contribution in [2.75, 3.05) is 19.0 Å². The molecule has 0 radical (unpaired) electrons. The lowest BCUT2D eigenvalue weighted by Gasteiger charge is -2.25. The van der Waals surface area contributed by atoms with Crippen LogP contribution in [-0.4, -0.2) is 28.6 Å². The van der Waals surface area contributed by atoms with Crippen molar-refractivity contribution in [2.45, 2.75) is 45.7 Å². The van der Waals surface area contributed by atoms with Gasteiger partial charge in [0.15, 0.2) is 22.7 Å². The second-order valence-corrected chi connectivity index (χ2v) is 10.3. The number of alkyl halides is 1. The van der Waals surface area contributed by atoms with E-state index in [1.807, 2.05) is 25.1 Å². The van der Waals surface area contributed by atoms with Gasteiger partial charge in [0.05, 0.1) is 12.3 Å². The highest BCUT2D eigenvalue weighted by atomic mass is 19.1. The number of ether oxygens (including phenoxy) is 3. The van der Waals surface area contributed by atoms with Crippen LogP contribution in [0.1, 0.15) is 44.7 Å². The minimum atomic E-state index is -1.82. The standard InChI is InChI=1S/C32H34FN5O3/c1-6-20(2)26-18-32(4,33)23-11-14-34-27(17-23)41-29-24(39-5)15-22(16-25(29)40-26)10-13-36-31-28-21(3)9-7-8-12-35-30(28)37-19-38-31/h6,8,11-12,14-20H,1,7,9-10,13H2,2-5H3,(H,35,36,37,38). The number of pyridine rings is 1. The van der Waals surface area contributed by atoms with Gasteiger partial charge in [-0.1, -0.05) is 24.6 Å². The summed E-state index contributed by atoms with van der Waals surface area (Å²) in [4.78, 5) is 17.6. The fourth-order valence-electron chi connectivity index (χ4n) is 4.77. The maximum absolute atomic E-state index is 15.9. The third-order valence-corrected chi connectivity index (χ3v) is 7.20. The Hall–Kier alpha value is -4.53. The molecule has 0 amide bonds. The molecule has 2 aromatic heterocycles. The van der Waals surface area contributed by atoms with Gasteiger partial charge < -0.3 is 19.5 Å². The molecule has 9 heteroatoms. The molecule has 212 valence electrons. The lowest BCUT2D eigenvalue weighted by Crippen LogP contribution is -2.34. The molecule has 2 bridgehead atoms. The zero-order valence-corrected chi connectivity index (χ0v) is 23.8. The Morgan fingerprint density at radius 1 is 1.22 bits per heavy atom. The summed E-state index contributed by atoms with van der Waals surface area (Å²) in [7, 11) is 1.57. The Labute approximate surface area is 239 Å². The van der Waals surface area contributed by atoms with Crippen LogP contribution in [-0.2, 0) is 12.1 Å². The molecule has 1 N–H and O–H groups in total. The number of allylic oxidation sites excluding steroid dienone is 3. The van der Waals surface area contributed by atoms with Crippen molar-refractivity contribution in [3.05, 3.63) is 95.4 Å². The molecule has 8 nitrogen and oxygen atoms in total. The summed E-state index contributed by atoms with van der Waals surface area (Å²) in [5.74, 6) is 2.37. The van der Waals surface area contributed by atoms with Gasteiger partial charge >= 0.3 is 0 Å². The summed E-state index contributed by atoms with van der Waals surface area (Å²) in [6.07, 6.45) is 12.5. The molecular formula is C32H34FN5O3. The Morgan fingerprint density at radius 2 is 2.07 bits per heavy atom. The number of anilines is 1. The first-order valence-electron chi connectivity index (χ1n) is 13.6. The Bertz CT molecular complexity index is 1650. The van der Waals surface area contributed by atoms with Crippen LogP contribution in [0.2, 0.25) is 0 Å². The lowest BCUT2D eigenvalue weighted by molar-refractivity contribution is 0.243. The van der Waals surface area contributed by atoms with E-state index in [4.69, 9.17) is 14.2 Å². The summed E-state index contributed by atoms with van der Waals surface area (Å²) in [5, 5.41) is 4.39. The second-order valence-electron chi connectivity index (χ2n) is 10.3. The minimum absolute atomic E-state index is 0.240. The molecule has 0 spiro atoms. The molecule has 3 aromatic rings. The normalized spacial score (nSPS) is 18.6. The lowest BCUT2D eigenvalue weighted by atomic mass is 9.95. The van der Waals surface area contributed by atoms with E-state index >= 15 is 4.39 Å². The largest absolute Gasteiger partial charge is 0.493 e. The van der Waals surface area contributed by atoms with E-state index in [1.165, 1.54) is 31.1 Å². The van der Waals surface area contributed by atoms with E-state index in [0.717, 1.165) is 29.4 Å². The fourth-order valence-corrected chi connectivity index (χ4v) is 4.77. The first-order valence-corrected chi connectivity index (χ1v) is 13.6. The number of methoxy groups -OCH3 is 1. The molecular weight excluding hydrogens is 521 g/mol. The zero-order chi connectivity index (χ0) is 29.0. The predicted octanol–water partition coefficient (Wildman–Crippen LogP) is 5.71. The smallest absolute Gasteiger partial charge is 0.219 e. The minimum Gasteiger partial charge on any atom is -0.493 e. The maximum Gasteiger partial charge on any atom is 0.219 e. The summed E-state index contributed by atoms with van der Waals surface area (Å²) < 4.78 is 34.1. The number of rotatable bonds is 7. The topological polar surface area (TPSA) is 90.8 Å². The van der Waals surface area contributed by atoms with Crippen LogP contribution in [0.25, 0.3) is 5.57 Å². The average Bonchev–Trinajstić information content (AvgIpc) is 2.95. The van der Waals surface area contributed by atoms with Gasteiger partial charge in [0, 0.05) is 30.9 Å². The van der Waals surface area contributed by atoms with Gasteiger partial charge in [-0.05, 0) is 68.5 Å². The molecule has 5 rings (SSSR count). The van der Waals surface area contributed by atoms with E-state index in [0.29, 0.717) is 47.0 Å². The van der Waals surface area contributed by atoms with Gasteiger partial charge in [-0.15, -0.1) is 6.58 Å². The molecule has 0 fully saturated rings. The van der Waals surface area contributed by atoms with Crippen molar-refractivity contribution in [3.8, 4) is 23.1 Å². The number of hydrogen-bond acceptors (Lipinski definition) is 8. The highest BCUT2D eigenvalue weighted by molar-refractivity contribution is 5.57. The van der Waals surface area contributed by atoms with Gasteiger partial charge in [0.25, 0.3) is 0 Å².